The summed E-state index contributed by atoms with van der Waals surface area (Å²) in [5.74, 6) is -3.45. The molecule has 11 heteroatoms. The zero-order valence-corrected chi connectivity index (χ0v) is 22.3. The molecule has 5 rings (SSSR count). The van der Waals surface area contributed by atoms with Crippen molar-refractivity contribution in [3.8, 4) is 23.2 Å². The number of imidazole rings is 1. The number of hydrogen-bond donors (Lipinski definition) is 1. The topological polar surface area (TPSA) is 110 Å². The first-order valence-electron chi connectivity index (χ1n) is 12.8. The number of rotatable bonds is 10. The monoisotopic (exact) mass is 572 g/mol. The number of carboxylic acids is 1. The summed E-state index contributed by atoms with van der Waals surface area (Å²) in [5.41, 5.74) is 0.979. The number of carbonyl (C=O) groups is 1. The summed E-state index contributed by atoms with van der Waals surface area (Å²) in [6.07, 6.45) is -0.190. The highest BCUT2D eigenvalue weighted by Crippen LogP contribution is 2.29. The Kier molecular flexibility index (Phi) is 8.17. The van der Waals surface area contributed by atoms with E-state index in [0.29, 0.717) is 5.56 Å². The minimum Gasteiger partial charge on any atom is -0.478 e. The first-order valence-corrected chi connectivity index (χ1v) is 12.8. The smallest absolute Gasteiger partial charge is 0.338 e. The first-order chi connectivity index (χ1) is 20.3. The van der Waals surface area contributed by atoms with E-state index in [0.717, 1.165) is 23.8 Å². The van der Waals surface area contributed by atoms with E-state index in [2.05, 4.69) is 9.97 Å². The number of aromatic carboxylic acids is 1. The van der Waals surface area contributed by atoms with Gasteiger partial charge in [-0.3, -0.25) is 0 Å². The molecule has 0 aliphatic heterocycles. The van der Waals surface area contributed by atoms with E-state index in [1.54, 1.807) is 36.4 Å². The molecule has 8 nitrogen and oxygen atoms in total. The van der Waals surface area contributed by atoms with Gasteiger partial charge in [-0.1, -0.05) is 18.2 Å². The Bertz CT molecular complexity index is 1830. The Morgan fingerprint density at radius 3 is 2.52 bits per heavy atom. The predicted molar refractivity (Wildman–Crippen MR) is 146 cm³/mol. The number of methoxy groups -OCH3 is 1. The number of hydrogen-bond acceptors (Lipinski definition) is 6. The molecule has 0 unspecified atom stereocenters. The molecule has 0 aliphatic rings. The summed E-state index contributed by atoms with van der Waals surface area (Å²) in [6.45, 7) is 0.431. The molecule has 0 fully saturated rings. The highest BCUT2D eigenvalue weighted by atomic mass is 19.1. The quantitative estimate of drug-likeness (QED) is 0.222. The number of nitriles is 1. The maximum Gasteiger partial charge on any atom is 0.338 e. The van der Waals surface area contributed by atoms with Crippen molar-refractivity contribution in [2.75, 3.05) is 13.7 Å². The number of pyridine rings is 1. The van der Waals surface area contributed by atoms with Crippen molar-refractivity contribution in [3.05, 3.63) is 112 Å². The van der Waals surface area contributed by atoms with Crippen LogP contribution in [0, 0.1) is 28.8 Å². The fourth-order valence-electron chi connectivity index (χ4n) is 4.52. The standard InChI is InChI=1S/C31H23F3N4O4/c1-41-12-11-38-27(36-26-10-9-21(31(39)40)29(34)30(26)38)14-20-13-24(33)22(15-23(20)32)25-3-2-4-28(37-25)42-17-19-7-5-18(16-35)6-8-19/h2-10,13,15H,11-12,14,17H2,1H3,(H,39,40). The van der Waals surface area contributed by atoms with Gasteiger partial charge in [0, 0.05) is 31.7 Å². The lowest BCUT2D eigenvalue weighted by molar-refractivity contribution is 0.0692. The molecular formula is C31H23F3N4O4. The van der Waals surface area contributed by atoms with Gasteiger partial charge in [-0.05, 0) is 53.6 Å². The van der Waals surface area contributed by atoms with Crippen molar-refractivity contribution in [1.29, 1.82) is 5.26 Å². The fourth-order valence-corrected chi connectivity index (χ4v) is 4.52. The number of carboxylic acid groups (broad SMARTS) is 1. The van der Waals surface area contributed by atoms with Crippen LogP contribution < -0.4 is 4.74 Å². The Morgan fingerprint density at radius 2 is 1.81 bits per heavy atom. The average Bonchev–Trinajstić information content (AvgIpc) is 3.34. The second kappa shape index (κ2) is 12.1. The average molecular weight is 573 g/mol. The number of ether oxygens (including phenoxy) is 2. The molecule has 1 N–H and O–H groups in total. The lowest BCUT2D eigenvalue weighted by Crippen LogP contribution is -2.11. The largest absolute Gasteiger partial charge is 0.478 e. The Balaban J connectivity index is 1.42. The lowest BCUT2D eigenvalue weighted by atomic mass is 10.0. The van der Waals surface area contributed by atoms with Gasteiger partial charge in [0.2, 0.25) is 5.88 Å². The van der Waals surface area contributed by atoms with Gasteiger partial charge in [0.05, 0.1) is 35.0 Å². The van der Waals surface area contributed by atoms with E-state index in [1.165, 1.54) is 23.8 Å². The molecule has 0 bridgehead atoms. The minimum absolute atomic E-state index is 0.0303. The maximum atomic E-state index is 15.4. The van der Waals surface area contributed by atoms with E-state index >= 15 is 13.2 Å². The third-order valence-electron chi connectivity index (χ3n) is 6.63. The summed E-state index contributed by atoms with van der Waals surface area (Å²) in [7, 11) is 1.45. The van der Waals surface area contributed by atoms with Gasteiger partial charge in [-0.2, -0.15) is 5.26 Å². The van der Waals surface area contributed by atoms with Gasteiger partial charge in [-0.25, -0.2) is 27.9 Å². The Hall–Kier alpha value is -5.21. The molecule has 2 aromatic heterocycles. The molecule has 2 heterocycles. The summed E-state index contributed by atoms with van der Waals surface area (Å²) < 4.78 is 58.0. The van der Waals surface area contributed by atoms with Crippen molar-refractivity contribution < 1.29 is 32.5 Å². The molecule has 212 valence electrons. The summed E-state index contributed by atoms with van der Waals surface area (Å²) in [4.78, 5) is 20.2. The molecule has 5 aromatic rings. The van der Waals surface area contributed by atoms with Gasteiger partial charge in [0.15, 0.2) is 5.82 Å². The Labute approximate surface area is 238 Å². The molecule has 3 aromatic carbocycles. The molecule has 0 radical (unpaired) electrons. The molecule has 0 amide bonds. The van der Waals surface area contributed by atoms with Crippen molar-refractivity contribution in [2.24, 2.45) is 0 Å². The zero-order chi connectivity index (χ0) is 29.8. The molecule has 0 aliphatic carbocycles. The van der Waals surface area contributed by atoms with E-state index in [1.807, 2.05) is 6.07 Å². The second-order valence-corrected chi connectivity index (χ2v) is 9.33. The molecule has 0 atom stereocenters. The molecule has 42 heavy (non-hydrogen) atoms. The Morgan fingerprint density at radius 1 is 1.02 bits per heavy atom. The second-order valence-electron chi connectivity index (χ2n) is 9.33. The van der Waals surface area contributed by atoms with E-state index in [4.69, 9.17) is 14.7 Å². The molecular weight excluding hydrogens is 549 g/mol. The van der Waals surface area contributed by atoms with Crippen molar-refractivity contribution in [3.63, 3.8) is 0 Å². The fraction of sp³-hybridized carbons (Fsp3) is 0.161. The van der Waals surface area contributed by atoms with E-state index < -0.39 is 29.0 Å². The summed E-state index contributed by atoms with van der Waals surface area (Å²) >= 11 is 0. The zero-order valence-electron chi connectivity index (χ0n) is 22.3. The van der Waals surface area contributed by atoms with Crippen molar-refractivity contribution in [2.45, 2.75) is 19.6 Å². The van der Waals surface area contributed by atoms with E-state index in [9.17, 15) is 9.90 Å². The van der Waals surface area contributed by atoms with Crippen LogP contribution in [-0.4, -0.2) is 39.3 Å². The van der Waals surface area contributed by atoms with Crippen LogP contribution in [0.2, 0.25) is 0 Å². The van der Waals surface area contributed by atoms with Crippen molar-refractivity contribution >= 4 is 17.0 Å². The van der Waals surface area contributed by atoms with Crippen molar-refractivity contribution in [1.82, 2.24) is 14.5 Å². The normalized spacial score (nSPS) is 11.0. The number of halogens is 3. The van der Waals surface area contributed by atoms with E-state index in [-0.39, 0.29) is 65.7 Å². The lowest BCUT2D eigenvalue weighted by Gasteiger charge is -2.12. The minimum atomic E-state index is -1.43. The summed E-state index contributed by atoms with van der Waals surface area (Å²) in [6, 6.07) is 18.2. The molecule has 0 saturated carbocycles. The van der Waals surface area contributed by atoms with Gasteiger partial charge < -0.3 is 19.1 Å². The maximum absolute atomic E-state index is 15.4. The number of fused-ring (bicyclic) bond motifs is 1. The third-order valence-corrected chi connectivity index (χ3v) is 6.63. The molecule has 0 spiro atoms. The van der Waals surface area contributed by atoms with Crippen LogP contribution in [0.3, 0.4) is 0 Å². The number of aromatic nitrogens is 3. The third kappa shape index (κ3) is 5.80. The van der Waals surface area contributed by atoms with Crippen LogP contribution in [0.1, 0.15) is 32.9 Å². The van der Waals surface area contributed by atoms with Crippen LogP contribution in [-0.2, 0) is 24.3 Å². The van der Waals surface area contributed by atoms with Gasteiger partial charge in [0.1, 0.15) is 29.6 Å². The van der Waals surface area contributed by atoms with Gasteiger partial charge in [-0.15, -0.1) is 0 Å². The van der Waals surface area contributed by atoms with Crippen LogP contribution in [0.15, 0.2) is 66.7 Å². The molecule has 0 saturated heterocycles. The predicted octanol–water partition coefficient (Wildman–Crippen LogP) is 5.90. The number of benzene rings is 3. The SMILES string of the molecule is COCCn1c(Cc2cc(F)c(-c3cccc(OCc4ccc(C#N)cc4)n3)cc2F)nc2ccc(C(=O)O)c(F)c21. The van der Waals surface area contributed by atoms with Crippen LogP contribution in [0.5, 0.6) is 5.88 Å². The van der Waals surface area contributed by atoms with Gasteiger partial charge >= 0.3 is 5.97 Å². The van der Waals surface area contributed by atoms with Crippen LogP contribution >= 0.6 is 0 Å². The highest BCUT2D eigenvalue weighted by Gasteiger charge is 2.22. The number of nitrogens with zero attached hydrogens (tertiary/aromatic N) is 4. The summed E-state index contributed by atoms with van der Waals surface area (Å²) in [5, 5.41) is 18.3. The van der Waals surface area contributed by atoms with Crippen LogP contribution in [0.25, 0.3) is 22.3 Å². The van der Waals surface area contributed by atoms with Crippen LogP contribution in [0.4, 0.5) is 13.2 Å². The highest BCUT2D eigenvalue weighted by molar-refractivity contribution is 5.93. The van der Waals surface area contributed by atoms with Gasteiger partial charge in [0.25, 0.3) is 0 Å². The first kappa shape index (κ1) is 28.3.